The van der Waals surface area contributed by atoms with Crippen LogP contribution in [0.15, 0.2) is 24.3 Å². The van der Waals surface area contributed by atoms with Crippen molar-refractivity contribution in [3.63, 3.8) is 0 Å². The third-order valence-electron chi connectivity index (χ3n) is 5.39. The molecule has 0 N–H and O–H groups in total. The van der Waals surface area contributed by atoms with Gasteiger partial charge in [0.1, 0.15) is 8.64 Å². The molecule has 2 nitrogen and oxygen atoms in total. The van der Waals surface area contributed by atoms with E-state index in [4.69, 9.17) is 24.4 Å². The molecule has 0 aliphatic rings. The highest BCUT2D eigenvalue weighted by molar-refractivity contribution is 8.22. The highest BCUT2D eigenvalue weighted by atomic mass is 32.2. The summed E-state index contributed by atoms with van der Waals surface area (Å²) in [5, 5.41) is 0. The first-order valence-corrected chi connectivity index (χ1v) is 15.3. The summed E-state index contributed by atoms with van der Waals surface area (Å²) in [5.41, 5.74) is 2.68. The van der Waals surface area contributed by atoms with Gasteiger partial charge in [-0.25, -0.2) is 0 Å². The van der Waals surface area contributed by atoms with E-state index in [1.54, 1.807) is 23.5 Å². The summed E-state index contributed by atoms with van der Waals surface area (Å²) in [7, 11) is 0. The van der Waals surface area contributed by atoms with E-state index in [0.717, 1.165) is 46.3 Å². The molecule has 0 radical (unpaired) electrons. The average Bonchev–Trinajstić information content (AvgIpc) is 2.81. The minimum atomic E-state index is 0.946. The molecule has 0 amide bonds. The fraction of sp³-hybridized carbons (Fsp3) is 0.692. The van der Waals surface area contributed by atoms with Crippen molar-refractivity contribution < 1.29 is 0 Å². The van der Waals surface area contributed by atoms with Gasteiger partial charge >= 0.3 is 0 Å². The smallest absolute Gasteiger partial charge is 0.136 e. The van der Waals surface area contributed by atoms with Gasteiger partial charge in [0.05, 0.1) is 0 Å². The predicted molar refractivity (Wildman–Crippen MR) is 157 cm³/mol. The lowest BCUT2D eigenvalue weighted by Crippen LogP contribution is -2.29. The Morgan fingerprint density at radius 1 is 0.594 bits per heavy atom. The van der Waals surface area contributed by atoms with Crippen LogP contribution in [0.25, 0.3) is 0 Å². The summed E-state index contributed by atoms with van der Waals surface area (Å²) < 4.78 is 2.10. The average molecular weight is 513 g/mol. The van der Waals surface area contributed by atoms with Crippen LogP contribution in [-0.4, -0.2) is 44.6 Å². The molecule has 1 aromatic carbocycles. The molecule has 0 spiro atoms. The van der Waals surface area contributed by atoms with Crippen molar-refractivity contribution in [2.75, 3.05) is 26.2 Å². The monoisotopic (exact) mass is 512 g/mol. The van der Waals surface area contributed by atoms with E-state index < -0.39 is 0 Å². The molecule has 6 heteroatoms. The van der Waals surface area contributed by atoms with Crippen LogP contribution < -0.4 is 0 Å². The number of unbranched alkanes of at least 4 members (excludes halogenated alkanes) is 4. The summed E-state index contributed by atoms with van der Waals surface area (Å²) in [6.45, 7) is 13.3. The quantitative estimate of drug-likeness (QED) is 0.203. The SMILES string of the molecule is CCCCN(CCCC)C(=S)SCc1ccc(CSC(=S)N(CCCC)CCCC)cc1. The van der Waals surface area contributed by atoms with Gasteiger partial charge < -0.3 is 9.80 Å². The fourth-order valence-corrected chi connectivity index (χ4v) is 5.60. The molecule has 0 bridgehead atoms. The minimum absolute atomic E-state index is 0.946. The molecule has 1 aromatic rings. The van der Waals surface area contributed by atoms with Crippen LogP contribution in [0.2, 0.25) is 0 Å². The summed E-state index contributed by atoms with van der Waals surface area (Å²) in [6, 6.07) is 9.01. The van der Waals surface area contributed by atoms with Gasteiger partial charge in [0, 0.05) is 37.7 Å². The second-order valence-corrected chi connectivity index (χ2v) is 11.5. The van der Waals surface area contributed by atoms with Crippen molar-refractivity contribution in [3.8, 4) is 0 Å². The van der Waals surface area contributed by atoms with Gasteiger partial charge in [-0.15, -0.1) is 0 Å². The van der Waals surface area contributed by atoms with Gasteiger partial charge in [0.15, 0.2) is 0 Å². The number of rotatable bonds is 16. The molecule has 0 aliphatic carbocycles. The largest absolute Gasteiger partial charge is 0.358 e. The van der Waals surface area contributed by atoms with E-state index >= 15 is 0 Å². The van der Waals surface area contributed by atoms with Crippen molar-refractivity contribution in [2.45, 2.75) is 90.6 Å². The number of nitrogens with zero attached hydrogens (tertiary/aromatic N) is 2. The number of benzene rings is 1. The molecule has 182 valence electrons. The number of thioether (sulfide) groups is 2. The zero-order valence-electron chi connectivity index (χ0n) is 20.7. The van der Waals surface area contributed by atoms with Gasteiger partial charge in [0.2, 0.25) is 0 Å². The molecule has 0 fully saturated rings. The molecule has 0 unspecified atom stereocenters. The van der Waals surface area contributed by atoms with Crippen LogP contribution in [0.3, 0.4) is 0 Å². The lowest BCUT2D eigenvalue weighted by atomic mass is 10.2. The molecular formula is C26H44N2S4. The molecule has 32 heavy (non-hydrogen) atoms. The third-order valence-corrected chi connectivity index (χ3v) is 8.58. The van der Waals surface area contributed by atoms with Crippen LogP contribution in [-0.2, 0) is 11.5 Å². The van der Waals surface area contributed by atoms with Crippen LogP contribution in [0.1, 0.15) is 90.2 Å². The molecule has 0 saturated carbocycles. The van der Waals surface area contributed by atoms with E-state index in [1.165, 1.54) is 62.5 Å². The van der Waals surface area contributed by atoms with E-state index in [2.05, 4.69) is 61.8 Å². The molecular weight excluding hydrogens is 469 g/mol. The zero-order chi connectivity index (χ0) is 23.6. The molecule has 0 saturated heterocycles. The summed E-state index contributed by atoms with van der Waals surface area (Å²) in [6.07, 6.45) is 9.73. The second kappa shape index (κ2) is 19.1. The highest BCUT2D eigenvalue weighted by Gasteiger charge is 2.11. The molecule has 0 heterocycles. The van der Waals surface area contributed by atoms with Gasteiger partial charge in [0.25, 0.3) is 0 Å². The van der Waals surface area contributed by atoms with Crippen molar-refractivity contribution in [3.05, 3.63) is 35.4 Å². The molecule has 0 atom stereocenters. The standard InChI is InChI=1S/C26H44N2S4/c1-5-9-17-27(18-10-6-2)25(29)31-21-23-13-15-24(16-14-23)22-32-26(30)28(19-11-7-3)20-12-8-4/h13-16H,5-12,17-22H2,1-4H3. The Kier molecular flexibility index (Phi) is 17.7. The van der Waals surface area contributed by atoms with Crippen LogP contribution in [0.5, 0.6) is 0 Å². The van der Waals surface area contributed by atoms with E-state index in [0.29, 0.717) is 0 Å². The first-order chi connectivity index (χ1) is 15.5. The predicted octanol–water partition coefficient (Wildman–Crippen LogP) is 8.53. The fourth-order valence-electron chi connectivity index (χ4n) is 3.19. The van der Waals surface area contributed by atoms with Gasteiger partial charge in [-0.05, 0) is 36.8 Å². The van der Waals surface area contributed by atoms with Crippen molar-refractivity contribution >= 4 is 56.6 Å². The first-order valence-electron chi connectivity index (χ1n) is 12.5. The van der Waals surface area contributed by atoms with E-state index in [1.807, 2.05) is 0 Å². The van der Waals surface area contributed by atoms with E-state index in [9.17, 15) is 0 Å². The highest BCUT2D eigenvalue weighted by Crippen LogP contribution is 2.21. The van der Waals surface area contributed by atoms with Crippen molar-refractivity contribution in [2.24, 2.45) is 0 Å². The Morgan fingerprint density at radius 3 is 1.12 bits per heavy atom. The summed E-state index contributed by atoms with van der Waals surface area (Å²) >= 11 is 15.1. The first kappa shape index (κ1) is 29.7. The van der Waals surface area contributed by atoms with E-state index in [-0.39, 0.29) is 0 Å². The maximum absolute atomic E-state index is 5.75. The molecule has 0 aliphatic heterocycles. The van der Waals surface area contributed by atoms with Crippen LogP contribution in [0.4, 0.5) is 0 Å². The maximum atomic E-state index is 5.75. The Bertz CT molecular complexity index is 562. The Labute approximate surface area is 217 Å². The van der Waals surface area contributed by atoms with Gasteiger partial charge in [-0.1, -0.05) is 126 Å². The Morgan fingerprint density at radius 2 is 0.875 bits per heavy atom. The second-order valence-electron chi connectivity index (χ2n) is 8.31. The Balaban J connectivity index is 2.50. The van der Waals surface area contributed by atoms with Gasteiger partial charge in [-0.3, -0.25) is 0 Å². The maximum Gasteiger partial charge on any atom is 0.136 e. The summed E-state index contributed by atoms with van der Waals surface area (Å²) in [5.74, 6) is 1.89. The minimum Gasteiger partial charge on any atom is -0.358 e. The van der Waals surface area contributed by atoms with Crippen LogP contribution in [0, 0.1) is 0 Å². The topological polar surface area (TPSA) is 6.48 Å². The van der Waals surface area contributed by atoms with Crippen LogP contribution >= 0.6 is 48.0 Å². The number of thiocarbonyl (C=S) groups is 2. The molecule has 1 rings (SSSR count). The third kappa shape index (κ3) is 12.8. The Hall–Kier alpha value is -0.300. The lowest BCUT2D eigenvalue weighted by Gasteiger charge is -2.24. The van der Waals surface area contributed by atoms with Crippen molar-refractivity contribution in [1.82, 2.24) is 9.80 Å². The van der Waals surface area contributed by atoms with Gasteiger partial charge in [-0.2, -0.15) is 0 Å². The number of hydrogen-bond acceptors (Lipinski definition) is 4. The summed E-state index contributed by atoms with van der Waals surface area (Å²) in [4.78, 5) is 4.81. The zero-order valence-corrected chi connectivity index (χ0v) is 24.0. The van der Waals surface area contributed by atoms with Crippen molar-refractivity contribution in [1.29, 1.82) is 0 Å². The molecule has 0 aromatic heterocycles. The lowest BCUT2D eigenvalue weighted by molar-refractivity contribution is 0.410. The number of hydrogen-bond donors (Lipinski definition) is 0. The normalized spacial score (nSPS) is 10.9.